The maximum Gasteiger partial charge on any atom is 0.253 e. The number of aliphatic hydroxyl groups excluding tert-OH is 1. The van der Waals surface area contributed by atoms with Crippen LogP contribution in [0.3, 0.4) is 0 Å². The number of hydrogen-bond donors (Lipinski definition) is 2. The van der Waals surface area contributed by atoms with Gasteiger partial charge in [0.2, 0.25) is 5.88 Å². The molecule has 1 amide bonds. The fourth-order valence-electron chi connectivity index (χ4n) is 3.21. The summed E-state index contributed by atoms with van der Waals surface area (Å²) in [5.74, 6) is 0.385. The minimum absolute atomic E-state index is 0.218. The summed E-state index contributed by atoms with van der Waals surface area (Å²) < 4.78 is 12.0. The van der Waals surface area contributed by atoms with Crippen LogP contribution in [0.5, 0.6) is 5.88 Å². The average molecular weight is 395 g/mol. The van der Waals surface area contributed by atoms with Crippen LogP contribution in [0.1, 0.15) is 23.2 Å². The van der Waals surface area contributed by atoms with Gasteiger partial charge in [-0.25, -0.2) is 4.98 Å². The number of ether oxygens (including phenoxy) is 2. The molecule has 0 aromatic carbocycles. The summed E-state index contributed by atoms with van der Waals surface area (Å²) in [4.78, 5) is 16.5. The molecule has 1 fully saturated rings. The number of amides is 1. The topological polar surface area (TPSA) is 98.5 Å². The third-order valence-corrected chi connectivity index (χ3v) is 4.72. The largest absolute Gasteiger partial charge is 0.475 e. The van der Waals surface area contributed by atoms with Gasteiger partial charge in [0.25, 0.3) is 5.91 Å². The number of aromatic nitrogens is 3. The summed E-state index contributed by atoms with van der Waals surface area (Å²) in [6.07, 6.45) is 5.49. The number of nitrogens with zero attached hydrogens (tertiary/aromatic N) is 3. The Morgan fingerprint density at radius 1 is 1.37 bits per heavy atom. The number of carbonyl (C=O) groups excluding carboxylic acids is 1. The highest BCUT2D eigenvalue weighted by atomic mass is 35.5. The smallest absolute Gasteiger partial charge is 0.253 e. The Labute approximate surface area is 162 Å². The fourth-order valence-corrected chi connectivity index (χ4v) is 3.36. The number of aliphatic hydroxyl groups is 1. The van der Waals surface area contributed by atoms with Crippen LogP contribution in [-0.4, -0.2) is 58.2 Å². The second-order valence-corrected chi connectivity index (χ2v) is 7.03. The van der Waals surface area contributed by atoms with E-state index in [1.54, 1.807) is 36.3 Å². The molecule has 1 aliphatic rings. The van der Waals surface area contributed by atoms with Crippen molar-refractivity contribution in [3.05, 3.63) is 41.3 Å². The third kappa shape index (κ3) is 5.41. The maximum absolute atomic E-state index is 12.4. The van der Waals surface area contributed by atoms with Crippen molar-refractivity contribution >= 4 is 17.5 Å². The summed E-state index contributed by atoms with van der Waals surface area (Å²) >= 11 is 5.88. The van der Waals surface area contributed by atoms with Gasteiger partial charge >= 0.3 is 0 Å². The molecule has 3 rings (SSSR count). The molecular weight excluding hydrogens is 372 g/mol. The van der Waals surface area contributed by atoms with Gasteiger partial charge < -0.3 is 19.9 Å². The van der Waals surface area contributed by atoms with Gasteiger partial charge in [0, 0.05) is 32.1 Å². The van der Waals surface area contributed by atoms with Crippen molar-refractivity contribution in [2.75, 3.05) is 20.3 Å². The van der Waals surface area contributed by atoms with Gasteiger partial charge in [0.05, 0.1) is 35.5 Å². The number of nitrogens with one attached hydrogen (secondary N) is 1. The van der Waals surface area contributed by atoms with Gasteiger partial charge in [-0.05, 0) is 24.8 Å². The molecule has 0 radical (unpaired) electrons. The maximum atomic E-state index is 12.4. The number of methoxy groups -OCH3 is 1. The number of halogens is 1. The highest BCUT2D eigenvalue weighted by Gasteiger charge is 2.34. The molecule has 1 unspecified atom stereocenters. The molecule has 27 heavy (non-hydrogen) atoms. The average Bonchev–Trinajstić information content (AvgIpc) is 3.21. The first-order chi connectivity index (χ1) is 13.0. The summed E-state index contributed by atoms with van der Waals surface area (Å²) in [7, 11) is 1.59. The summed E-state index contributed by atoms with van der Waals surface area (Å²) in [6, 6.07) is 2.99. The quantitative estimate of drug-likeness (QED) is 0.659. The van der Waals surface area contributed by atoms with Crippen molar-refractivity contribution in [1.82, 2.24) is 20.1 Å². The predicted molar refractivity (Wildman–Crippen MR) is 98.8 cm³/mol. The van der Waals surface area contributed by atoms with Crippen molar-refractivity contribution in [3.8, 4) is 5.88 Å². The first-order valence-corrected chi connectivity index (χ1v) is 9.17. The zero-order valence-corrected chi connectivity index (χ0v) is 15.8. The Morgan fingerprint density at radius 2 is 2.22 bits per heavy atom. The molecule has 146 valence electrons. The molecule has 0 aliphatic heterocycles. The molecule has 0 spiro atoms. The van der Waals surface area contributed by atoms with Gasteiger partial charge in [-0.1, -0.05) is 11.6 Å². The van der Waals surface area contributed by atoms with Gasteiger partial charge in [0.15, 0.2) is 0 Å². The van der Waals surface area contributed by atoms with Crippen molar-refractivity contribution < 1.29 is 19.4 Å². The fraction of sp³-hybridized carbons (Fsp3) is 0.500. The second-order valence-electron chi connectivity index (χ2n) is 6.59. The SMILES string of the molecule is COCCOc1ccc(C(=O)N[C@@H]2CC(Cn3cc(Cl)cn3)C[C@H]2O)cn1. The first kappa shape index (κ1) is 19.6. The van der Waals surface area contributed by atoms with Crippen LogP contribution in [0.15, 0.2) is 30.7 Å². The zero-order valence-electron chi connectivity index (χ0n) is 15.0. The van der Waals surface area contributed by atoms with E-state index in [1.165, 1.54) is 6.20 Å². The lowest BCUT2D eigenvalue weighted by Crippen LogP contribution is -2.39. The Bertz CT molecular complexity index is 752. The molecule has 9 heteroatoms. The van der Waals surface area contributed by atoms with Crippen LogP contribution < -0.4 is 10.1 Å². The van der Waals surface area contributed by atoms with Crippen LogP contribution in [-0.2, 0) is 11.3 Å². The van der Waals surface area contributed by atoms with Crippen LogP contribution in [0.2, 0.25) is 5.02 Å². The number of rotatable bonds is 8. The van der Waals surface area contributed by atoms with E-state index in [-0.39, 0.29) is 17.9 Å². The third-order valence-electron chi connectivity index (χ3n) is 4.53. The molecule has 2 aromatic heterocycles. The van der Waals surface area contributed by atoms with E-state index >= 15 is 0 Å². The zero-order chi connectivity index (χ0) is 19.2. The lowest BCUT2D eigenvalue weighted by molar-refractivity contribution is 0.0872. The van der Waals surface area contributed by atoms with Gasteiger partial charge in [0.1, 0.15) is 6.61 Å². The van der Waals surface area contributed by atoms with Crippen LogP contribution >= 0.6 is 11.6 Å². The minimum atomic E-state index is -0.588. The molecule has 0 bridgehead atoms. The van der Waals surface area contributed by atoms with Crippen molar-refractivity contribution in [2.24, 2.45) is 5.92 Å². The Balaban J connectivity index is 1.51. The monoisotopic (exact) mass is 394 g/mol. The first-order valence-electron chi connectivity index (χ1n) is 8.80. The molecule has 1 saturated carbocycles. The lowest BCUT2D eigenvalue weighted by atomic mass is 10.1. The van der Waals surface area contributed by atoms with Crippen LogP contribution in [0.25, 0.3) is 0 Å². The van der Waals surface area contributed by atoms with E-state index in [9.17, 15) is 9.90 Å². The minimum Gasteiger partial charge on any atom is -0.475 e. The Morgan fingerprint density at radius 3 is 2.89 bits per heavy atom. The Hall–Kier alpha value is -2.16. The van der Waals surface area contributed by atoms with Crippen molar-refractivity contribution in [2.45, 2.75) is 31.5 Å². The molecule has 8 nitrogen and oxygen atoms in total. The van der Waals surface area contributed by atoms with E-state index in [1.807, 2.05) is 0 Å². The normalized spacial score (nSPS) is 22.0. The van der Waals surface area contributed by atoms with Crippen molar-refractivity contribution in [3.63, 3.8) is 0 Å². The van der Waals surface area contributed by atoms with Crippen LogP contribution in [0, 0.1) is 5.92 Å². The van der Waals surface area contributed by atoms with E-state index in [2.05, 4.69) is 15.4 Å². The molecule has 2 heterocycles. The highest BCUT2D eigenvalue weighted by molar-refractivity contribution is 6.30. The summed E-state index contributed by atoms with van der Waals surface area (Å²) in [5.41, 5.74) is 0.420. The molecule has 3 atom stereocenters. The summed E-state index contributed by atoms with van der Waals surface area (Å²) in [6.45, 7) is 1.52. The van der Waals surface area contributed by atoms with E-state index in [0.717, 1.165) is 0 Å². The van der Waals surface area contributed by atoms with E-state index in [0.29, 0.717) is 49.1 Å². The standard InChI is InChI=1S/C18H23ClN4O4/c1-26-4-5-27-17-3-2-13(8-20-17)18(25)22-15-6-12(7-16(15)24)10-23-11-14(19)9-21-23/h2-3,8-9,11-12,15-16,24H,4-7,10H2,1H3,(H,22,25)/t12?,15-,16-/m1/s1. The second kappa shape index (κ2) is 9.16. The number of carbonyl (C=O) groups is 1. The molecular formula is C18H23ClN4O4. The predicted octanol–water partition coefficient (Wildman–Crippen LogP) is 1.53. The lowest BCUT2D eigenvalue weighted by Gasteiger charge is -2.16. The van der Waals surface area contributed by atoms with Gasteiger partial charge in [-0.2, -0.15) is 5.10 Å². The van der Waals surface area contributed by atoms with E-state index < -0.39 is 6.10 Å². The highest BCUT2D eigenvalue weighted by Crippen LogP contribution is 2.28. The molecule has 2 N–H and O–H groups in total. The van der Waals surface area contributed by atoms with Crippen molar-refractivity contribution in [1.29, 1.82) is 0 Å². The summed E-state index contributed by atoms with van der Waals surface area (Å²) in [5, 5.41) is 17.9. The number of pyridine rings is 1. The molecule has 0 saturated heterocycles. The molecule has 1 aliphatic carbocycles. The van der Waals surface area contributed by atoms with E-state index in [4.69, 9.17) is 21.1 Å². The Kier molecular flexibility index (Phi) is 6.65. The number of hydrogen-bond acceptors (Lipinski definition) is 6. The molecule has 2 aromatic rings. The van der Waals surface area contributed by atoms with Crippen LogP contribution in [0.4, 0.5) is 0 Å². The van der Waals surface area contributed by atoms with Gasteiger partial charge in [-0.15, -0.1) is 0 Å². The van der Waals surface area contributed by atoms with Gasteiger partial charge in [-0.3, -0.25) is 9.48 Å².